The normalized spacial score (nSPS) is 12.0. The summed E-state index contributed by atoms with van der Waals surface area (Å²) in [6, 6.07) is 8.00. The van der Waals surface area contributed by atoms with E-state index in [9.17, 15) is 4.79 Å². The molecule has 1 aromatic carbocycles. The lowest BCUT2D eigenvalue weighted by Gasteiger charge is -2.18. The van der Waals surface area contributed by atoms with Crippen molar-refractivity contribution < 1.29 is 9.90 Å². The van der Waals surface area contributed by atoms with Crippen LogP contribution in [0, 0.1) is 0 Å². The van der Waals surface area contributed by atoms with Gasteiger partial charge in [-0.2, -0.15) is 0 Å². The van der Waals surface area contributed by atoms with Crippen LogP contribution < -0.4 is 10.6 Å². The highest BCUT2D eigenvalue weighted by Gasteiger charge is 2.09. The van der Waals surface area contributed by atoms with Crippen molar-refractivity contribution in [3.05, 3.63) is 29.8 Å². The molecule has 0 aliphatic carbocycles. The summed E-state index contributed by atoms with van der Waals surface area (Å²) < 4.78 is 0. The molecule has 0 fully saturated rings. The van der Waals surface area contributed by atoms with Gasteiger partial charge >= 0.3 is 6.03 Å². The van der Waals surface area contributed by atoms with E-state index in [2.05, 4.69) is 17.6 Å². The zero-order valence-corrected chi connectivity index (χ0v) is 13.2. The highest BCUT2D eigenvalue weighted by Crippen LogP contribution is 2.17. The Morgan fingerprint density at radius 1 is 1.33 bits per heavy atom. The Morgan fingerprint density at radius 2 is 2.10 bits per heavy atom. The molecule has 0 aliphatic rings. The van der Waals surface area contributed by atoms with Gasteiger partial charge in [0.25, 0.3) is 0 Å². The van der Waals surface area contributed by atoms with Gasteiger partial charge in [-0.05, 0) is 50.9 Å². The van der Waals surface area contributed by atoms with E-state index in [0.717, 1.165) is 30.5 Å². The minimum Gasteiger partial charge on any atom is -0.396 e. The molecule has 21 heavy (non-hydrogen) atoms. The summed E-state index contributed by atoms with van der Waals surface area (Å²) in [6.45, 7) is 2.99. The van der Waals surface area contributed by atoms with Crippen molar-refractivity contribution in [2.75, 3.05) is 32.6 Å². The van der Waals surface area contributed by atoms with Crippen molar-refractivity contribution in [1.29, 1.82) is 0 Å². The quantitative estimate of drug-likeness (QED) is 0.646. The Bertz CT molecular complexity index is 437. The molecule has 0 heterocycles. The van der Waals surface area contributed by atoms with E-state index >= 15 is 0 Å². The van der Waals surface area contributed by atoms with Gasteiger partial charge in [0.2, 0.25) is 0 Å². The average Bonchev–Trinajstić information content (AvgIpc) is 2.50. The van der Waals surface area contributed by atoms with E-state index in [1.807, 2.05) is 31.3 Å². The number of nitrogens with one attached hydrogen (secondary N) is 2. The number of rotatable bonds is 8. The Labute approximate surface area is 127 Å². The van der Waals surface area contributed by atoms with Gasteiger partial charge in [0.15, 0.2) is 0 Å². The fourth-order valence-electron chi connectivity index (χ4n) is 2.01. The van der Waals surface area contributed by atoms with Crippen LogP contribution in [0.15, 0.2) is 24.3 Å². The first-order valence-electron chi connectivity index (χ1n) is 7.48. The molecule has 2 amide bonds. The molecular weight excluding hydrogens is 266 g/mol. The summed E-state index contributed by atoms with van der Waals surface area (Å²) in [7, 11) is 3.70. The van der Waals surface area contributed by atoms with Crippen LogP contribution in [0.1, 0.15) is 37.8 Å². The average molecular weight is 293 g/mol. The maximum absolute atomic E-state index is 12.1. The fourth-order valence-corrected chi connectivity index (χ4v) is 2.01. The summed E-state index contributed by atoms with van der Waals surface area (Å²) in [5.74, 6) is 0. The summed E-state index contributed by atoms with van der Waals surface area (Å²) in [5.41, 5.74) is 1.95. The van der Waals surface area contributed by atoms with Crippen LogP contribution in [0.25, 0.3) is 0 Å². The number of benzene rings is 1. The maximum atomic E-state index is 12.1. The van der Waals surface area contributed by atoms with Gasteiger partial charge in [-0.3, -0.25) is 0 Å². The Kier molecular flexibility index (Phi) is 7.79. The van der Waals surface area contributed by atoms with Crippen LogP contribution in [0.3, 0.4) is 0 Å². The first kappa shape index (κ1) is 17.5. The second-order valence-electron chi connectivity index (χ2n) is 5.27. The van der Waals surface area contributed by atoms with E-state index in [4.69, 9.17) is 5.11 Å². The molecule has 0 radical (unpaired) electrons. The molecule has 1 rings (SSSR count). The number of unbranched alkanes of at least 4 members (excludes halogenated alkanes) is 2. The first-order chi connectivity index (χ1) is 10.1. The second kappa shape index (κ2) is 9.37. The number of hydrogen-bond acceptors (Lipinski definition) is 3. The molecule has 1 unspecified atom stereocenters. The third-order valence-electron chi connectivity index (χ3n) is 3.57. The largest absolute Gasteiger partial charge is 0.396 e. The van der Waals surface area contributed by atoms with Crippen LogP contribution in [0.2, 0.25) is 0 Å². The predicted octanol–water partition coefficient (Wildman–Crippen LogP) is 2.59. The number of hydrogen-bond donors (Lipinski definition) is 3. The van der Waals surface area contributed by atoms with Crippen LogP contribution >= 0.6 is 0 Å². The number of nitrogens with zero attached hydrogens (tertiary/aromatic N) is 1. The van der Waals surface area contributed by atoms with E-state index < -0.39 is 0 Å². The van der Waals surface area contributed by atoms with Crippen LogP contribution in [-0.4, -0.2) is 43.3 Å². The van der Waals surface area contributed by atoms with Crippen LogP contribution in [0.5, 0.6) is 0 Å². The molecule has 5 heteroatoms. The van der Waals surface area contributed by atoms with Crippen molar-refractivity contribution in [3.63, 3.8) is 0 Å². The molecule has 1 aromatic rings. The van der Waals surface area contributed by atoms with Crippen molar-refractivity contribution in [3.8, 4) is 0 Å². The molecule has 5 nitrogen and oxygen atoms in total. The number of carbonyl (C=O) groups is 1. The number of aliphatic hydroxyl groups is 1. The molecule has 0 saturated carbocycles. The molecule has 0 spiro atoms. The van der Waals surface area contributed by atoms with E-state index in [1.165, 1.54) is 0 Å². The van der Waals surface area contributed by atoms with Gasteiger partial charge in [0.1, 0.15) is 0 Å². The van der Waals surface area contributed by atoms with Crippen molar-refractivity contribution in [1.82, 2.24) is 10.2 Å². The Morgan fingerprint density at radius 3 is 2.76 bits per heavy atom. The lowest BCUT2D eigenvalue weighted by atomic mass is 10.1. The molecule has 1 atom stereocenters. The second-order valence-corrected chi connectivity index (χ2v) is 5.27. The third-order valence-corrected chi connectivity index (χ3v) is 3.57. The maximum Gasteiger partial charge on any atom is 0.321 e. The van der Waals surface area contributed by atoms with Gasteiger partial charge in [-0.1, -0.05) is 12.1 Å². The molecular formula is C16H27N3O2. The summed E-state index contributed by atoms with van der Waals surface area (Å²) in [4.78, 5) is 13.7. The van der Waals surface area contributed by atoms with Gasteiger partial charge in [0, 0.05) is 31.9 Å². The van der Waals surface area contributed by atoms with E-state index in [0.29, 0.717) is 6.54 Å². The highest BCUT2D eigenvalue weighted by atomic mass is 16.2. The Balaban J connectivity index is 2.50. The molecule has 0 bridgehead atoms. The zero-order chi connectivity index (χ0) is 15.7. The van der Waals surface area contributed by atoms with Gasteiger partial charge in [-0.15, -0.1) is 0 Å². The number of amides is 2. The summed E-state index contributed by atoms with van der Waals surface area (Å²) >= 11 is 0. The predicted molar refractivity (Wildman–Crippen MR) is 86.5 cm³/mol. The number of aliphatic hydroxyl groups excluding tert-OH is 1. The molecule has 0 aromatic heterocycles. The number of carbonyl (C=O) groups excluding carboxylic acids is 1. The molecule has 118 valence electrons. The van der Waals surface area contributed by atoms with Crippen molar-refractivity contribution >= 4 is 11.7 Å². The fraction of sp³-hybridized carbons (Fsp3) is 0.562. The minimum atomic E-state index is -0.103. The van der Waals surface area contributed by atoms with Crippen LogP contribution in [0.4, 0.5) is 10.5 Å². The highest BCUT2D eigenvalue weighted by molar-refractivity contribution is 5.89. The summed E-state index contributed by atoms with van der Waals surface area (Å²) in [6.07, 6.45) is 2.63. The standard InChI is InChI=1S/C16H27N3O2/c1-13(17-2)14-8-7-9-15(12-14)18-16(21)19(3)10-5-4-6-11-20/h7-9,12-13,17,20H,4-6,10-11H2,1-3H3,(H,18,21). The molecule has 0 aliphatic heterocycles. The Hall–Kier alpha value is -1.59. The topological polar surface area (TPSA) is 64.6 Å². The zero-order valence-electron chi connectivity index (χ0n) is 13.2. The van der Waals surface area contributed by atoms with Gasteiger partial charge < -0.3 is 20.6 Å². The lowest BCUT2D eigenvalue weighted by Crippen LogP contribution is -2.32. The summed E-state index contributed by atoms with van der Waals surface area (Å²) in [5, 5.41) is 14.8. The van der Waals surface area contributed by atoms with Gasteiger partial charge in [0.05, 0.1) is 0 Å². The van der Waals surface area contributed by atoms with E-state index in [-0.39, 0.29) is 18.7 Å². The minimum absolute atomic E-state index is 0.103. The van der Waals surface area contributed by atoms with Crippen LogP contribution in [-0.2, 0) is 0 Å². The van der Waals surface area contributed by atoms with Crippen molar-refractivity contribution in [2.45, 2.75) is 32.2 Å². The SMILES string of the molecule is CNC(C)c1cccc(NC(=O)N(C)CCCCCO)c1. The lowest BCUT2D eigenvalue weighted by molar-refractivity contribution is 0.220. The third kappa shape index (κ3) is 6.14. The smallest absolute Gasteiger partial charge is 0.321 e. The monoisotopic (exact) mass is 293 g/mol. The number of anilines is 1. The van der Waals surface area contributed by atoms with Gasteiger partial charge in [-0.25, -0.2) is 4.79 Å². The number of urea groups is 1. The first-order valence-corrected chi connectivity index (χ1v) is 7.48. The van der Waals surface area contributed by atoms with Crippen molar-refractivity contribution in [2.24, 2.45) is 0 Å². The van der Waals surface area contributed by atoms with E-state index in [1.54, 1.807) is 11.9 Å². The molecule has 3 N–H and O–H groups in total. The molecule has 0 saturated heterocycles.